The van der Waals surface area contributed by atoms with Crippen LogP contribution in [0.4, 0.5) is 5.95 Å². The fourth-order valence-corrected chi connectivity index (χ4v) is 4.76. The fourth-order valence-electron chi connectivity index (χ4n) is 4.76. The summed E-state index contributed by atoms with van der Waals surface area (Å²) in [6.07, 6.45) is 5.40. The summed E-state index contributed by atoms with van der Waals surface area (Å²) in [4.78, 5) is 27.8. The maximum atomic E-state index is 13.3. The van der Waals surface area contributed by atoms with Crippen molar-refractivity contribution < 1.29 is 28.8 Å². The van der Waals surface area contributed by atoms with Crippen LogP contribution >= 0.6 is 0 Å². The van der Waals surface area contributed by atoms with Crippen LogP contribution in [0.15, 0.2) is 48.1 Å². The van der Waals surface area contributed by atoms with Crippen molar-refractivity contribution in [2.75, 3.05) is 53.7 Å². The highest BCUT2D eigenvalue weighted by atomic mass is 16.5. The summed E-state index contributed by atoms with van der Waals surface area (Å²) in [5.74, 6) is 0.638. The molecule has 1 amide bonds. The third-order valence-corrected chi connectivity index (χ3v) is 6.67. The molecule has 40 heavy (non-hydrogen) atoms. The summed E-state index contributed by atoms with van der Waals surface area (Å²) in [5, 5.41) is 13.3. The number of hydrogen-bond acceptors (Lipinski definition) is 9. The molecule has 11 heteroatoms. The van der Waals surface area contributed by atoms with E-state index in [1.165, 1.54) is 6.08 Å². The summed E-state index contributed by atoms with van der Waals surface area (Å²) < 4.78 is 24.5. The molecule has 0 saturated carbocycles. The number of benzene rings is 1. The highest BCUT2D eigenvalue weighted by molar-refractivity contribution is 5.93. The number of aliphatic imine (C=N–C) groups is 1. The standard InChI is InChI=1S/C29H37N5O6/c1-5-25(35)33-13-7-6-8-22(19-33)34-26-23(31-29(34)32-28(36)21-11-12-30-20(2)18-21)9-10-24(39-16-14-37-3)27(26)40-17-15-38-4/h5,9-12,18,22H,1,6-8,13-17,19H2,2-4H3,(H,31,32,36)/p-1. The molecule has 3 aromatic rings. The zero-order valence-electron chi connectivity index (χ0n) is 23.3. The number of pyridine rings is 1. The molecule has 1 atom stereocenters. The predicted octanol–water partition coefficient (Wildman–Crippen LogP) is 2.97. The molecule has 11 nitrogen and oxygen atoms in total. The molecule has 0 aliphatic carbocycles. The molecule has 1 fully saturated rings. The van der Waals surface area contributed by atoms with Gasteiger partial charge in [0.1, 0.15) is 18.7 Å². The van der Waals surface area contributed by atoms with E-state index < -0.39 is 5.90 Å². The van der Waals surface area contributed by atoms with Gasteiger partial charge in [-0.3, -0.25) is 9.78 Å². The summed E-state index contributed by atoms with van der Waals surface area (Å²) in [6.45, 7) is 7.87. The van der Waals surface area contributed by atoms with Gasteiger partial charge in [-0.15, -0.1) is 0 Å². The van der Waals surface area contributed by atoms with Gasteiger partial charge in [0.15, 0.2) is 11.5 Å². The second-order valence-corrected chi connectivity index (χ2v) is 9.47. The van der Waals surface area contributed by atoms with Crippen molar-refractivity contribution >= 4 is 28.8 Å². The van der Waals surface area contributed by atoms with E-state index in [-0.39, 0.29) is 24.5 Å². The molecule has 1 aliphatic heterocycles. The van der Waals surface area contributed by atoms with E-state index in [2.05, 4.69) is 16.6 Å². The van der Waals surface area contributed by atoms with Crippen molar-refractivity contribution in [1.29, 1.82) is 0 Å². The maximum Gasteiger partial charge on any atom is 0.246 e. The Morgan fingerprint density at radius 2 is 1.93 bits per heavy atom. The topological polar surface area (TPSA) is 123 Å². The van der Waals surface area contributed by atoms with Crippen LogP contribution in [0.3, 0.4) is 0 Å². The van der Waals surface area contributed by atoms with Gasteiger partial charge >= 0.3 is 0 Å². The van der Waals surface area contributed by atoms with Crippen molar-refractivity contribution in [3.8, 4) is 11.5 Å². The first-order chi connectivity index (χ1) is 19.5. The smallest absolute Gasteiger partial charge is 0.246 e. The highest BCUT2D eigenvalue weighted by Gasteiger charge is 2.28. The van der Waals surface area contributed by atoms with E-state index in [4.69, 9.17) is 23.9 Å². The van der Waals surface area contributed by atoms with E-state index in [0.717, 1.165) is 19.3 Å². The Balaban J connectivity index is 1.91. The van der Waals surface area contributed by atoms with Gasteiger partial charge in [0, 0.05) is 39.2 Å². The number of methoxy groups -OCH3 is 2. The van der Waals surface area contributed by atoms with Crippen LogP contribution in [-0.2, 0) is 14.3 Å². The Labute approximate surface area is 234 Å². The molecule has 4 rings (SSSR count). The van der Waals surface area contributed by atoms with Crippen LogP contribution in [0.5, 0.6) is 11.5 Å². The molecule has 3 heterocycles. The van der Waals surface area contributed by atoms with Gasteiger partial charge in [-0.05, 0) is 68.0 Å². The van der Waals surface area contributed by atoms with Crippen LogP contribution in [0.2, 0.25) is 0 Å². The maximum absolute atomic E-state index is 13.3. The van der Waals surface area contributed by atoms with Crippen molar-refractivity contribution in [2.45, 2.75) is 32.2 Å². The number of aryl methyl sites for hydroxylation is 1. The zero-order chi connectivity index (χ0) is 28.5. The number of hydrogen-bond donors (Lipinski definition) is 0. The van der Waals surface area contributed by atoms with E-state index >= 15 is 0 Å². The first kappa shape index (κ1) is 29.0. The first-order valence-electron chi connectivity index (χ1n) is 13.3. The fraction of sp³-hybridized carbons (Fsp3) is 0.448. The van der Waals surface area contributed by atoms with Crippen LogP contribution in [0.25, 0.3) is 11.0 Å². The minimum atomic E-state index is -0.437. The lowest BCUT2D eigenvalue weighted by Gasteiger charge is -2.26. The van der Waals surface area contributed by atoms with Crippen molar-refractivity contribution in [3.05, 3.63) is 54.4 Å². The van der Waals surface area contributed by atoms with Crippen molar-refractivity contribution in [3.63, 3.8) is 0 Å². The summed E-state index contributed by atoms with van der Waals surface area (Å²) >= 11 is 0. The van der Waals surface area contributed by atoms with E-state index in [9.17, 15) is 9.90 Å². The second-order valence-electron chi connectivity index (χ2n) is 9.47. The van der Waals surface area contributed by atoms with Gasteiger partial charge in [0.05, 0.1) is 24.8 Å². The number of imidazole rings is 1. The Morgan fingerprint density at radius 3 is 2.65 bits per heavy atom. The second kappa shape index (κ2) is 13.9. The van der Waals surface area contributed by atoms with E-state index in [0.29, 0.717) is 66.7 Å². The van der Waals surface area contributed by atoms with Crippen LogP contribution in [-0.4, -0.2) is 85.0 Å². The zero-order valence-corrected chi connectivity index (χ0v) is 23.3. The largest absolute Gasteiger partial charge is 0.858 e. The number of likely N-dealkylation sites (tertiary alicyclic amines) is 1. The van der Waals surface area contributed by atoms with Crippen molar-refractivity contribution in [2.24, 2.45) is 4.99 Å². The van der Waals surface area contributed by atoms with Gasteiger partial charge in [-0.2, -0.15) is 0 Å². The summed E-state index contributed by atoms with van der Waals surface area (Å²) in [6, 6.07) is 6.70. The van der Waals surface area contributed by atoms with E-state index in [1.807, 2.05) is 17.6 Å². The molecular formula is C29H36N5O6-. The van der Waals surface area contributed by atoms with Gasteiger partial charge in [-0.1, -0.05) is 6.58 Å². The third-order valence-electron chi connectivity index (χ3n) is 6.67. The van der Waals surface area contributed by atoms with Gasteiger partial charge in [-0.25, -0.2) is 9.98 Å². The lowest BCUT2D eigenvalue weighted by molar-refractivity contribution is -0.212. The lowest BCUT2D eigenvalue weighted by Crippen LogP contribution is -2.34. The molecule has 0 bridgehead atoms. The number of fused-ring (bicyclic) bond motifs is 1. The molecule has 1 aromatic carbocycles. The average molecular weight is 551 g/mol. The number of carbonyl (C=O) groups is 1. The molecular weight excluding hydrogens is 514 g/mol. The number of amides is 1. The van der Waals surface area contributed by atoms with Crippen molar-refractivity contribution in [1.82, 2.24) is 19.4 Å². The summed E-state index contributed by atoms with van der Waals surface area (Å²) in [5.41, 5.74) is 2.36. The van der Waals surface area contributed by atoms with Crippen LogP contribution in [0.1, 0.15) is 36.6 Å². The SMILES string of the molecule is C=CC(=O)N1CCCCC(n2c(/N=C(\[O-])c3ccnc(C)c3)nc3ccc(OCCOC)c(OCCOC)c32)C1. The van der Waals surface area contributed by atoms with Crippen LogP contribution in [0, 0.1) is 6.92 Å². The number of carbonyl (C=O) groups excluding carboxylic acids is 1. The summed E-state index contributed by atoms with van der Waals surface area (Å²) in [7, 11) is 3.21. The predicted molar refractivity (Wildman–Crippen MR) is 149 cm³/mol. The Morgan fingerprint density at radius 1 is 1.15 bits per heavy atom. The molecule has 1 saturated heterocycles. The molecule has 1 unspecified atom stereocenters. The minimum Gasteiger partial charge on any atom is -0.858 e. The number of rotatable bonds is 12. The molecule has 214 valence electrons. The monoisotopic (exact) mass is 550 g/mol. The minimum absolute atomic E-state index is 0.140. The van der Waals surface area contributed by atoms with Gasteiger partial charge in [0.2, 0.25) is 11.9 Å². The molecule has 0 radical (unpaired) electrons. The molecule has 2 aromatic heterocycles. The van der Waals surface area contributed by atoms with E-state index in [1.54, 1.807) is 43.5 Å². The number of nitrogens with zero attached hydrogens (tertiary/aromatic N) is 5. The highest BCUT2D eigenvalue weighted by Crippen LogP contribution is 2.41. The van der Waals surface area contributed by atoms with Gasteiger partial charge < -0.3 is 33.5 Å². The molecule has 1 aliphatic rings. The Hall–Kier alpha value is -3.96. The Bertz CT molecular complexity index is 1350. The number of ether oxygens (including phenoxy) is 4. The molecule has 0 N–H and O–H groups in total. The van der Waals surface area contributed by atoms with Gasteiger partial charge in [0.25, 0.3) is 0 Å². The van der Waals surface area contributed by atoms with Crippen LogP contribution < -0.4 is 14.6 Å². The Kier molecular flexibility index (Phi) is 10.1. The first-order valence-corrected chi connectivity index (χ1v) is 13.3. The number of aromatic nitrogens is 3. The normalized spacial score (nSPS) is 16.1. The lowest BCUT2D eigenvalue weighted by atomic mass is 10.1. The molecule has 0 spiro atoms. The third kappa shape index (κ3) is 6.78. The quantitative estimate of drug-likeness (QED) is 0.146. The average Bonchev–Trinajstić information content (AvgIpc) is 3.14.